The van der Waals surface area contributed by atoms with Gasteiger partial charge in [-0.15, -0.1) is 0 Å². The minimum absolute atomic E-state index is 0.726. The summed E-state index contributed by atoms with van der Waals surface area (Å²) in [6.45, 7) is -2.71. The molecule has 8 atom stereocenters. The Balaban J connectivity index is 2.91. The molecule has 0 bridgehead atoms. The molecule has 0 radical (unpaired) electrons. The van der Waals surface area contributed by atoms with Gasteiger partial charge in [0.05, 0.1) is 13.2 Å². The second kappa shape index (κ2) is 8.94. The Kier molecular flexibility index (Phi) is 7.89. The number of ether oxygens (including phenoxy) is 2. The highest BCUT2D eigenvalue weighted by atomic mass is 16.7. The molecule has 1 aliphatic heterocycles. The number of carbonyl (C=O) groups excluding carboxylic acids is 1. The van der Waals surface area contributed by atoms with Gasteiger partial charge < -0.3 is 50.3 Å². The summed E-state index contributed by atoms with van der Waals surface area (Å²) in [5, 5.41) is 75.1. The number of Topliss-reactive ketones (excluding diaryl/α,β-unsaturated/α-hetero) is 1. The molecule has 11 heteroatoms. The molecule has 23 heavy (non-hydrogen) atoms. The molecule has 1 aliphatic rings. The Bertz CT molecular complexity index is 376. The molecule has 0 aliphatic carbocycles. The van der Waals surface area contributed by atoms with Crippen molar-refractivity contribution in [2.75, 3.05) is 19.8 Å². The van der Waals surface area contributed by atoms with Gasteiger partial charge in [0.15, 0.2) is 12.1 Å². The Hall–Kier alpha value is -0.730. The van der Waals surface area contributed by atoms with Gasteiger partial charge in [-0.1, -0.05) is 0 Å². The van der Waals surface area contributed by atoms with E-state index in [1.54, 1.807) is 0 Å². The third kappa shape index (κ3) is 4.64. The first-order valence-electron chi connectivity index (χ1n) is 6.85. The van der Waals surface area contributed by atoms with E-state index in [2.05, 4.69) is 0 Å². The van der Waals surface area contributed by atoms with Gasteiger partial charge in [-0.25, -0.2) is 0 Å². The highest BCUT2D eigenvalue weighted by Crippen LogP contribution is 2.24. The zero-order chi connectivity index (χ0) is 17.7. The molecule has 1 saturated heterocycles. The number of aliphatic hydroxyl groups excluding tert-OH is 8. The van der Waals surface area contributed by atoms with Crippen molar-refractivity contribution in [3.63, 3.8) is 0 Å². The second-order valence-corrected chi connectivity index (χ2v) is 5.12. The van der Waals surface area contributed by atoms with Crippen molar-refractivity contribution in [3.05, 3.63) is 0 Å². The fourth-order valence-corrected chi connectivity index (χ4v) is 2.09. The van der Waals surface area contributed by atoms with Gasteiger partial charge in [-0.2, -0.15) is 0 Å². The normalized spacial score (nSPS) is 35.6. The predicted octanol–water partition coefficient (Wildman–Crippen LogP) is -5.55. The summed E-state index contributed by atoms with van der Waals surface area (Å²) in [5.74, 6) is -1.12. The molecule has 0 saturated carbocycles. The number of carbonyl (C=O) groups is 1. The van der Waals surface area contributed by atoms with Crippen molar-refractivity contribution in [1.82, 2.24) is 0 Å². The van der Waals surface area contributed by atoms with E-state index >= 15 is 0 Å². The third-order valence-corrected chi connectivity index (χ3v) is 3.50. The first kappa shape index (κ1) is 20.3. The molecule has 11 nitrogen and oxygen atoms in total. The summed E-state index contributed by atoms with van der Waals surface area (Å²) in [6, 6.07) is 0. The Morgan fingerprint density at radius 1 is 1.04 bits per heavy atom. The third-order valence-electron chi connectivity index (χ3n) is 3.50. The van der Waals surface area contributed by atoms with Crippen LogP contribution in [0.1, 0.15) is 0 Å². The van der Waals surface area contributed by atoms with E-state index in [0.29, 0.717) is 0 Å². The minimum atomic E-state index is -2.05. The average molecular weight is 342 g/mol. The van der Waals surface area contributed by atoms with E-state index in [1.165, 1.54) is 0 Å². The molecule has 1 heterocycles. The molecular weight excluding hydrogens is 320 g/mol. The smallest absolute Gasteiger partial charge is 0.189 e. The highest BCUT2D eigenvalue weighted by molar-refractivity contribution is 5.84. The molecule has 0 amide bonds. The van der Waals surface area contributed by atoms with Gasteiger partial charge in [0, 0.05) is 0 Å². The lowest BCUT2D eigenvalue weighted by Gasteiger charge is -2.41. The number of ketones is 1. The van der Waals surface area contributed by atoms with E-state index in [0.717, 1.165) is 0 Å². The summed E-state index contributed by atoms with van der Waals surface area (Å²) >= 11 is 0. The van der Waals surface area contributed by atoms with Crippen molar-refractivity contribution in [2.24, 2.45) is 0 Å². The van der Waals surface area contributed by atoms with Gasteiger partial charge in [-0.05, 0) is 0 Å². The van der Waals surface area contributed by atoms with Gasteiger partial charge in [0.1, 0.15) is 49.3 Å². The maximum atomic E-state index is 11.3. The molecule has 0 aromatic heterocycles. The van der Waals surface area contributed by atoms with Crippen molar-refractivity contribution >= 4 is 5.78 Å². The molecule has 8 N–H and O–H groups in total. The van der Waals surface area contributed by atoms with Crippen LogP contribution in [0.25, 0.3) is 0 Å². The molecule has 1 rings (SSSR count). The predicted molar refractivity (Wildman–Crippen MR) is 69.8 cm³/mol. The van der Waals surface area contributed by atoms with Crippen LogP contribution >= 0.6 is 0 Å². The van der Waals surface area contributed by atoms with Gasteiger partial charge >= 0.3 is 0 Å². The van der Waals surface area contributed by atoms with Crippen LogP contribution in [-0.2, 0) is 14.3 Å². The van der Waals surface area contributed by atoms with Gasteiger partial charge in [-0.3, -0.25) is 4.79 Å². The topological polar surface area (TPSA) is 197 Å². The zero-order valence-electron chi connectivity index (χ0n) is 12.0. The molecule has 0 spiro atoms. The summed E-state index contributed by atoms with van der Waals surface area (Å²) in [5.41, 5.74) is 0. The minimum Gasteiger partial charge on any atom is -0.394 e. The van der Waals surface area contributed by atoms with Crippen molar-refractivity contribution in [2.45, 2.75) is 49.0 Å². The Morgan fingerprint density at radius 3 is 2.13 bits per heavy atom. The standard InChI is InChI=1S/C12H22O11/c13-1-4(16)7(18)11(5(17)2-14)23-12-10(21)9(20)8(19)6(3-15)22-12/h5-15,17-21H,1-3H2/t5-,6-,7-,8-,9+,10-,11-,12+/m1/s1. The van der Waals surface area contributed by atoms with Crippen LogP contribution in [0, 0.1) is 0 Å². The first-order valence-corrected chi connectivity index (χ1v) is 6.85. The number of rotatable bonds is 8. The Labute approximate surface area is 130 Å². The average Bonchev–Trinajstić information content (AvgIpc) is 2.57. The van der Waals surface area contributed by atoms with E-state index in [4.69, 9.17) is 24.8 Å². The van der Waals surface area contributed by atoms with Crippen LogP contribution in [-0.4, -0.2) is 115 Å². The maximum absolute atomic E-state index is 11.3. The lowest BCUT2D eigenvalue weighted by atomic mass is 9.98. The molecule has 1 fully saturated rings. The summed E-state index contributed by atoms with van der Waals surface area (Å²) in [7, 11) is 0. The van der Waals surface area contributed by atoms with E-state index < -0.39 is 74.6 Å². The fraction of sp³-hybridized carbons (Fsp3) is 0.917. The monoisotopic (exact) mass is 342 g/mol. The van der Waals surface area contributed by atoms with Crippen LogP contribution in [0.15, 0.2) is 0 Å². The van der Waals surface area contributed by atoms with E-state index in [1.807, 2.05) is 0 Å². The first-order chi connectivity index (χ1) is 10.8. The maximum Gasteiger partial charge on any atom is 0.189 e. The number of aliphatic hydroxyl groups is 8. The van der Waals surface area contributed by atoms with Crippen LogP contribution < -0.4 is 0 Å². The largest absolute Gasteiger partial charge is 0.394 e. The van der Waals surface area contributed by atoms with Crippen LogP contribution in [0.4, 0.5) is 0 Å². The fourth-order valence-electron chi connectivity index (χ4n) is 2.09. The molecule has 136 valence electrons. The zero-order valence-corrected chi connectivity index (χ0v) is 12.0. The lowest BCUT2D eigenvalue weighted by molar-refractivity contribution is -0.323. The summed E-state index contributed by atoms with van der Waals surface area (Å²) in [6.07, 6.45) is -13.8. The SMILES string of the molecule is O=C(CO)[C@@H](O)[C@H](O[C@@H]1O[C@H](CO)[C@@H](O)[C@H](O)[C@H]1O)[C@H](O)CO. The quantitative estimate of drug-likeness (QED) is 0.209. The van der Waals surface area contributed by atoms with Crippen molar-refractivity contribution in [3.8, 4) is 0 Å². The summed E-state index contributed by atoms with van der Waals surface area (Å²) < 4.78 is 10.1. The van der Waals surface area contributed by atoms with Crippen molar-refractivity contribution in [1.29, 1.82) is 0 Å². The van der Waals surface area contributed by atoms with Crippen LogP contribution in [0.5, 0.6) is 0 Å². The Morgan fingerprint density at radius 2 is 1.65 bits per heavy atom. The van der Waals surface area contributed by atoms with Gasteiger partial charge in [0.25, 0.3) is 0 Å². The van der Waals surface area contributed by atoms with Gasteiger partial charge in [0.2, 0.25) is 0 Å². The molecule has 0 aromatic rings. The molecule has 0 aromatic carbocycles. The molecular formula is C12H22O11. The van der Waals surface area contributed by atoms with Crippen LogP contribution in [0.3, 0.4) is 0 Å². The second-order valence-electron chi connectivity index (χ2n) is 5.12. The van der Waals surface area contributed by atoms with Crippen LogP contribution in [0.2, 0.25) is 0 Å². The van der Waals surface area contributed by atoms with E-state index in [9.17, 15) is 30.3 Å². The number of hydrogen-bond acceptors (Lipinski definition) is 11. The highest BCUT2D eigenvalue weighted by Gasteiger charge is 2.46. The molecule has 0 unspecified atom stereocenters. The van der Waals surface area contributed by atoms with E-state index in [-0.39, 0.29) is 0 Å². The lowest BCUT2D eigenvalue weighted by Crippen LogP contribution is -2.61. The number of hydrogen-bond donors (Lipinski definition) is 8. The van der Waals surface area contributed by atoms with Crippen molar-refractivity contribution < 1.29 is 55.1 Å². The summed E-state index contributed by atoms with van der Waals surface area (Å²) in [4.78, 5) is 11.3.